The van der Waals surface area contributed by atoms with Crippen molar-refractivity contribution in [1.82, 2.24) is 19.4 Å². The third-order valence-electron chi connectivity index (χ3n) is 4.42. The van der Waals surface area contributed by atoms with E-state index in [1.807, 2.05) is 31.5 Å². The molecule has 0 bridgehead atoms. The molecule has 1 saturated carbocycles. The molecule has 1 aromatic heterocycles. The van der Waals surface area contributed by atoms with E-state index >= 15 is 0 Å². The van der Waals surface area contributed by atoms with Gasteiger partial charge in [0.2, 0.25) is 15.9 Å². The van der Waals surface area contributed by atoms with Crippen LogP contribution < -0.4 is 4.72 Å². The topological polar surface area (TPSA) is 84.3 Å². The number of aromatic nitrogens is 2. The number of carbonyl (C=O) groups is 1. The average Bonchev–Trinajstić information content (AvgIpc) is 3.26. The second-order valence-electron chi connectivity index (χ2n) is 6.84. The zero-order valence-corrected chi connectivity index (χ0v) is 14.6. The van der Waals surface area contributed by atoms with Crippen molar-refractivity contribution >= 4 is 15.9 Å². The molecular formula is C15H24N4O3S. The van der Waals surface area contributed by atoms with Gasteiger partial charge in [-0.25, -0.2) is 13.1 Å². The molecule has 1 amide bonds. The van der Waals surface area contributed by atoms with Crippen LogP contribution in [0.3, 0.4) is 0 Å². The van der Waals surface area contributed by atoms with Gasteiger partial charge >= 0.3 is 0 Å². The minimum Gasteiger partial charge on any atom is -0.334 e. The summed E-state index contributed by atoms with van der Waals surface area (Å²) in [5, 5.41) is 4.07. The van der Waals surface area contributed by atoms with Crippen molar-refractivity contribution in [3.63, 3.8) is 0 Å². The molecule has 0 spiro atoms. The minimum absolute atomic E-state index is 0.0930. The second kappa shape index (κ2) is 5.90. The van der Waals surface area contributed by atoms with Crippen LogP contribution in [0.15, 0.2) is 6.07 Å². The number of hydrogen-bond acceptors (Lipinski definition) is 4. The van der Waals surface area contributed by atoms with Gasteiger partial charge in [0.25, 0.3) is 0 Å². The fourth-order valence-corrected chi connectivity index (χ4v) is 4.59. The molecule has 1 N–H and O–H groups in total. The lowest BCUT2D eigenvalue weighted by atomic mass is 10.0. The Hall–Kier alpha value is -1.41. The molecule has 2 heterocycles. The Morgan fingerprint density at radius 1 is 1.35 bits per heavy atom. The first kappa shape index (κ1) is 16.4. The predicted molar refractivity (Wildman–Crippen MR) is 86.1 cm³/mol. The van der Waals surface area contributed by atoms with Gasteiger partial charge in [-0.05, 0) is 31.7 Å². The first-order chi connectivity index (χ1) is 10.8. The molecule has 2 aliphatic rings. The molecule has 7 nitrogen and oxygen atoms in total. The third kappa shape index (κ3) is 3.42. The van der Waals surface area contributed by atoms with Gasteiger partial charge in [0.05, 0.1) is 29.7 Å². The fourth-order valence-electron chi connectivity index (χ4n) is 2.92. The molecule has 1 aliphatic carbocycles. The highest BCUT2D eigenvalue weighted by molar-refractivity contribution is 7.90. The number of fused-ring (bicyclic) bond motifs is 1. The maximum absolute atomic E-state index is 12.8. The molecular weight excluding hydrogens is 316 g/mol. The summed E-state index contributed by atoms with van der Waals surface area (Å²) in [4.78, 5) is 14.6. The summed E-state index contributed by atoms with van der Waals surface area (Å²) in [5.74, 6) is -0.237. The molecule has 1 aliphatic heterocycles. The van der Waals surface area contributed by atoms with Crippen molar-refractivity contribution in [2.45, 2.75) is 58.0 Å². The maximum atomic E-state index is 12.8. The molecule has 1 aromatic rings. The number of hydrogen-bond donors (Lipinski definition) is 1. The maximum Gasteiger partial charge on any atom is 0.241 e. The number of carbonyl (C=O) groups excluding carboxylic acids is 1. The Bertz CT molecular complexity index is 706. The molecule has 8 heteroatoms. The Morgan fingerprint density at radius 3 is 2.65 bits per heavy atom. The molecule has 23 heavy (non-hydrogen) atoms. The largest absolute Gasteiger partial charge is 0.334 e. The SMILES string of the molecule is Cc1cc2n(n1)CCN(C(=O)[C@H](NS(=O)(=O)C1CC1)C(C)C)C2. The van der Waals surface area contributed by atoms with E-state index < -0.39 is 16.1 Å². The summed E-state index contributed by atoms with van der Waals surface area (Å²) in [6, 6.07) is 1.27. The van der Waals surface area contributed by atoms with Gasteiger partial charge in [0.1, 0.15) is 6.04 Å². The molecule has 1 fully saturated rings. The van der Waals surface area contributed by atoms with Gasteiger partial charge in [-0.15, -0.1) is 0 Å². The van der Waals surface area contributed by atoms with Crippen LogP contribution in [0.2, 0.25) is 0 Å². The minimum atomic E-state index is -3.39. The van der Waals surface area contributed by atoms with Crippen LogP contribution in [-0.4, -0.2) is 46.8 Å². The lowest BCUT2D eigenvalue weighted by Gasteiger charge is -2.32. The number of nitrogens with one attached hydrogen (secondary N) is 1. The highest BCUT2D eigenvalue weighted by Crippen LogP contribution is 2.28. The third-order valence-corrected chi connectivity index (χ3v) is 6.35. The zero-order valence-electron chi connectivity index (χ0n) is 13.8. The van der Waals surface area contributed by atoms with Crippen molar-refractivity contribution in [3.05, 3.63) is 17.5 Å². The van der Waals surface area contributed by atoms with E-state index in [-0.39, 0.29) is 17.1 Å². The van der Waals surface area contributed by atoms with Gasteiger partial charge in [-0.1, -0.05) is 13.8 Å². The Morgan fingerprint density at radius 2 is 2.04 bits per heavy atom. The van der Waals surface area contributed by atoms with E-state index in [1.165, 1.54) is 0 Å². The van der Waals surface area contributed by atoms with E-state index in [1.54, 1.807) is 4.90 Å². The molecule has 3 rings (SSSR count). The highest BCUT2D eigenvalue weighted by Gasteiger charge is 2.40. The lowest BCUT2D eigenvalue weighted by molar-refractivity contribution is -0.135. The number of sulfonamides is 1. The van der Waals surface area contributed by atoms with Crippen LogP contribution in [0.25, 0.3) is 0 Å². The monoisotopic (exact) mass is 340 g/mol. The van der Waals surface area contributed by atoms with Crippen LogP contribution in [0.1, 0.15) is 38.1 Å². The second-order valence-corrected chi connectivity index (χ2v) is 8.84. The smallest absolute Gasteiger partial charge is 0.241 e. The summed E-state index contributed by atoms with van der Waals surface area (Å²) in [6.07, 6.45) is 1.38. The van der Waals surface area contributed by atoms with E-state index in [9.17, 15) is 13.2 Å². The van der Waals surface area contributed by atoms with Crippen molar-refractivity contribution in [2.75, 3.05) is 6.54 Å². The number of amides is 1. The zero-order chi connectivity index (χ0) is 16.8. The predicted octanol–water partition coefficient (Wildman–Crippen LogP) is 0.640. The lowest BCUT2D eigenvalue weighted by Crippen LogP contribution is -2.53. The molecule has 0 unspecified atom stereocenters. The van der Waals surface area contributed by atoms with Crippen LogP contribution >= 0.6 is 0 Å². The molecule has 128 valence electrons. The highest BCUT2D eigenvalue weighted by atomic mass is 32.2. The van der Waals surface area contributed by atoms with E-state index in [0.29, 0.717) is 32.5 Å². The van der Waals surface area contributed by atoms with E-state index in [2.05, 4.69) is 9.82 Å². The first-order valence-electron chi connectivity index (χ1n) is 8.11. The molecule has 1 atom stereocenters. The molecule has 0 saturated heterocycles. The van der Waals surface area contributed by atoms with Gasteiger partial charge in [-0.2, -0.15) is 5.10 Å². The van der Waals surface area contributed by atoms with Crippen LogP contribution in [-0.2, 0) is 27.9 Å². The summed E-state index contributed by atoms with van der Waals surface area (Å²) in [5.41, 5.74) is 1.93. The normalized spacial score (nSPS) is 19.7. The summed E-state index contributed by atoms with van der Waals surface area (Å²) in [6.45, 7) is 7.36. The standard InChI is InChI=1S/C15H24N4O3S/c1-10(2)14(17-23(21,22)13-4-5-13)15(20)18-6-7-19-12(9-18)8-11(3)16-19/h8,10,13-14,17H,4-7,9H2,1-3H3/t14-/m1/s1. The van der Waals surface area contributed by atoms with Gasteiger partial charge in [0.15, 0.2) is 0 Å². The Labute approximate surface area is 137 Å². The summed E-state index contributed by atoms with van der Waals surface area (Å²) < 4.78 is 29.0. The van der Waals surface area contributed by atoms with Crippen molar-refractivity contribution in [2.24, 2.45) is 5.92 Å². The van der Waals surface area contributed by atoms with Crippen molar-refractivity contribution < 1.29 is 13.2 Å². The quantitative estimate of drug-likeness (QED) is 0.852. The van der Waals surface area contributed by atoms with Gasteiger partial charge in [-0.3, -0.25) is 9.48 Å². The van der Waals surface area contributed by atoms with Gasteiger partial charge < -0.3 is 4.90 Å². The molecule has 0 aromatic carbocycles. The average molecular weight is 340 g/mol. The van der Waals surface area contributed by atoms with Crippen molar-refractivity contribution in [1.29, 1.82) is 0 Å². The van der Waals surface area contributed by atoms with Crippen LogP contribution in [0.5, 0.6) is 0 Å². The van der Waals surface area contributed by atoms with Gasteiger partial charge in [0, 0.05) is 6.54 Å². The summed E-state index contributed by atoms with van der Waals surface area (Å²) >= 11 is 0. The number of nitrogens with zero attached hydrogens (tertiary/aromatic N) is 3. The Kier molecular flexibility index (Phi) is 4.22. The molecule has 0 radical (unpaired) electrons. The van der Waals surface area contributed by atoms with Crippen LogP contribution in [0, 0.1) is 12.8 Å². The number of aryl methyl sites for hydroxylation is 1. The van der Waals surface area contributed by atoms with Crippen molar-refractivity contribution in [3.8, 4) is 0 Å². The number of rotatable bonds is 5. The summed E-state index contributed by atoms with van der Waals surface area (Å²) in [7, 11) is -3.39. The fraction of sp³-hybridized carbons (Fsp3) is 0.733. The van der Waals surface area contributed by atoms with E-state index in [0.717, 1.165) is 11.4 Å². The first-order valence-corrected chi connectivity index (χ1v) is 9.66. The Balaban J connectivity index is 1.74. The van der Waals surface area contributed by atoms with Crippen LogP contribution in [0.4, 0.5) is 0 Å². The van der Waals surface area contributed by atoms with E-state index in [4.69, 9.17) is 0 Å².